The molecule has 0 aliphatic carbocycles. The van der Waals surface area contributed by atoms with Crippen LogP contribution < -0.4 is 4.90 Å². The van der Waals surface area contributed by atoms with Gasteiger partial charge >= 0.3 is 0 Å². The number of para-hydroxylation sites is 1. The van der Waals surface area contributed by atoms with Crippen LogP contribution in [0.5, 0.6) is 0 Å². The van der Waals surface area contributed by atoms with Gasteiger partial charge in [-0.3, -0.25) is 9.78 Å². The zero-order chi connectivity index (χ0) is 21.9. The number of hydrogen-bond donors (Lipinski definition) is 0. The molecule has 1 saturated heterocycles. The van der Waals surface area contributed by atoms with Crippen molar-refractivity contribution >= 4 is 22.6 Å². The summed E-state index contributed by atoms with van der Waals surface area (Å²) >= 11 is 0. The fourth-order valence-corrected chi connectivity index (χ4v) is 4.11. The molecule has 32 heavy (non-hydrogen) atoms. The van der Waals surface area contributed by atoms with E-state index in [4.69, 9.17) is 4.98 Å². The van der Waals surface area contributed by atoms with Crippen molar-refractivity contribution in [3.8, 4) is 17.2 Å². The van der Waals surface area contributed by atoms with E-state index in [0.29, 0.717) is 24.2 Å². The van der Waals surface area contributed by atoms with E-state index in [2.05, 4.69) is 22.0 Å². The Morgan fingerprint density at radius 3 is 2.56 bits per heavy atom. The number of piperazine rings is 1. The predicted octanol–water partition coefficient (Wildman–Crippen LogP) is 4.13. The van der Waals surface area contributed by atoms with Crippen LogP contribution in [0.1, 0.15) is 15.9 Å². The van der Waals surface area contributed by atoms with Gasteiger partial charge in [-0.2, -0.15) is 5.26 Å². The van der Waals surface area contributed by atoms with Crippen molar-refractivity contribution in [1.29, 1.82) is 5.26 Å². The molecule has 0 bridgehead atoms. The van der Waals surface area contributed by atoms with Crippen molar-refractivity contribution in [2.24, 2.45) is 0 Å². The summed E-state index contributed by atoms with van der Waals surface area (Å²) in [4.78, 5) is 25.8. The van der Waals surface area contributed by atoms with Crippen LogP contribution in [-0.2, 0) is 0 Å². The number of anilines is 1. The monoisotopic (exact) mass is 419 g/mol. The minimum Gasteiger partial charge on any atom is -0.353 e. The molecule has 1 aliphatic heterocycles. The molecule has 4 aromatic rings. The predicted molar refractivity (Wildman–Crippen MR) is 124 cm³/mol. The van der Waals surface area contributed by atoms with Crippen LogP contribution in [0.3, 0.4) is 0 Å². The van der Waals surface area contributed by atoms with E-state index in [-0.39, 0.29) is 5.91 Å². The van der Waals surface area contributed by atoms with Crippen LogP contribution in [0.15, 0.2) is 79.1 Å². The van der Waals surface area contributed by atoms with Gasteiger partial charge in [0.2, 0.25) is 0 Å². The summed E-state index contributed by atoms with van der Waals surface area (Å²) in [6.45, 7) is 2.71. The number of aromatic nitrogens is 2. The van der Waals surface area contributed by atoms with E-state index in [0.717, 1.165) is 40.9 Å². The summed E-state index contributed by atoms with van der Waals surface area (Å²) in [5, 5.41) is 10.3. The largest absolute Gasteiger partial charge is 0.353 e. The number of hydrogen-bond acceptors (Lipinski definition) is 5. The summed E-state index contributed by atoms with van der Waals surface area (Å²) < 4.78 is 0. The highest BCUT2D eigenvalue weighted by Gasteiger charge is 2.23. The van der Waals surface area contributed by atoms with E-state index >= 15 is 0 Å². The zero-order valence-electron chi connectivity index (χ0n) is 17.5. The lowest BCUT2D eigenvalue weighted by Gasteiger charge is -2.35. The molecule has 0 N–H and O–H groups in total. The van der Waals surface area contributed by atoms with Crippen molar-refractivity contribution in [2.75, 3.05) is 31.1 Å². The molecule has 0 unspecified atom stereocenters. The number of pyridine rings is 2. The van der Waals surface area contributed by atoms with Crippen LogP contribution in [-0.4, -0.2) is 47.0 Å². The SMILES string of the molecule is N#Cc1cccc(-c2cccc3ccc(N4CCN(C(=O)c5cccnc5)CC4)nc23)c1. The maximum Gasteiger partial charge on any atom is 0.255 e. The van der Waals surface area contributed by atoms with Gasteiger partial charge in [0.15, 0.2) is 0 Å². The second-order valence-corrected chi connectivity index (χ2v) is 7.76. The molecule has 1 fully saturated rings. The third kappa shape index (κ3) is 3.77. The molecule has 0 saturated carbocycles. The number of carbonyl (C=O) groups is 1. The topological polar surface area (TPSA) is 73.1 Å². The van der Waals surface area contributed by atoms with Crippen molar-refractivity contribution in [1.82, 2.24) is 14.9 Å². The Labute approximate surface area is 186 Å². The second-order valence-electron chi connectivity index (χ2n) is 7.76. The van der Waals surface area contributed by atoms with Gasteiger partial charge in [-0.25, -0.2) is 4.98 Å². The zero-order valence-corrected chi connectivity index (χ0v) is 17.5. The van der Waals surface area contributed by atoms with Gasteiger partial charge in [0.1, 0.15) is 5.82 Å². The molecular formula is C26H21N5O. The molecule has 0 atom stereocenters. The minimum atomic E-state index is 0.0175. The number of amides is 1. The van der Waals surface area contributed by atoms with E-state index in [1.807, 2.05) is 47.4 Å². The maximum absolute atomic E-state index is 12.7. The third-order valence-corrected chi connectivity index (χ3v) is 5.81. The van der Waals surface area contributed by atoms with Crippen LogP contribution in [0.25, 0.3) is 22.0 Å². The standard InChI is InChI=1S/C26H21N5O/c27-17-19-4-1-6-21(16-19)23-8-2-5-20-9-10-24(29-25(20)23)30-12-14-31(15-13-30)26(32)22-7-3-11-28-18-22/h1-11,16,18H,12-15H2. The average Bonchev–Trinajstić information content (AvgIpc) is 2.88. The average molecular weight is 419 g/mol. The second kappa shape index (κ2) is 8.48. The highest BCUT2D eigenvalue weighted by molar-refractivity contribution is 5.95. The first-order chi connectivity index (χ1) is 15.7. The van der Waals surface area contributed by atoms with Crippen molar-refractivity contribution in [3.63, 3.8) is 0 Å². The lowest BCUT2D eigenvalue weighted by molar-refractivity contribution is 0.0746. The summed E-state index contributed by atoms with van der Waals surface area (Å²) in [5.41, 5.74) is 4.14. The first-order valence-electron chi connectivity index (χ1n) is 10.6. The van der Waals surface area contributed by atoms with Crippen LogP contribution in [0.4, 0.5) is 5.82 Å². The maximum atomic E-state index is 12.7. The summed E-state index contributed by atoms with van der Waals surface area (Å²) in [7, 11) is 0. The van der Waals surface area contributed by atoms with Gasteiger partial charge in [0, 0.05) is 49.5 Å². The quantitative estimate of drug-likeness (QED) is 0.499. The van der Waals surface area contributed by atoms with Crippen molar-refractivity contribution in [3.05, 3.63) is 90.3 Å². The van der Waals surface area contributed by atoms with Gasteiger partial charge in [-0.05, 0) is 42.0 Å². The molecule has 6 nitrogen and oxygen atoms in total. The van der Waals surface area contributed by atoms with E-state index in [1.165, 1.54) is 0 Å². The van der Waals surface area contributed by atoms with Gasteiger partial charge in [-0.1, -0.05) is 30.3 Å². The molecule has 2 aromatic carbocycles. The van der Waals surface area contributed by atoms with E-state index in [9.17, 15) is 10.1 Å². The molecule has 6 heteroatoms. The molecule has 156 valence electrons. The fourth-order valence-electron chi connectivity index (χ4n) is 4.11. The number of carbonyl (C=O) groups excluding carboxylic acids is 1. The first kappa shape index (κ1) is 19.7. The Kier molecular flexibility index (Phi) is 5.22. The van der Waals surface area contributed by atoms with Gasteiger partial charge in [0.25, 0.3) is 5.91 Å². The summed E-state index contributed by atoms with van der Waals surface area (Å²) in [6, 6.07) is 23.6. The lowest BCUT2D eigenvalue weighted by Crippen LogP contribution is -2.49. The molecule has 0 spiro atoms. The number of nitrogens with zero attached hydrogens (tertiary/aromatic N) is 5. The highest BCUT2D eigenvalue weighted by atomic mass is 16.2. The molecule has 3 heterocycles. The number of rotatable bonds is 3. The molecule has 0 radical (unpaired) electrons. The Morgan fingerprint density at radius 1 is 0.938 bits per heavy atom. The third-order valence-electron chi connectivity index (χ3n) is 5.81. The van der Waals surface area contributed by atoms with Gasteiger partial charge < -0.3 is 9.80 Å². The van der Waals surface area contributed by atoms with E-state index in [1.54, 1.807) is 30.6 Å². The number of nitriles is 1. The Hall–Kier alpha value is -4.24. The van der Waals surface area contributed by atoms with Crippen molar-refractivity contribution in [2.45, 2.75) is 0 Å². The molecule has 5 rings (SSSR count). The Balaban J connectivity index is 1.40. The highest BCUT2D eigenvalue weighted by Crippen LogP contribution is 2.30. The number of fused-ring (bicyclic) bond motifs is 1. The Morgan fingerprint density at radius 2 is 1.78 bits per heavy atom. The lowest BCUT2D eigenvalue weighted by atomic mass is 10.0. The van der Waals surface area contributed by atoms with Crippen LogP contribution >= 0.6 is 0 Å². The van der Waals surface area contributed by atoms with Crippen molar-refractivity contribution < 1.29 is 4.79 Å². The summed E-state index contributed by atoms with van der Waals surface area (Å²) in [5.74, 6) is 0.916. The molecule has 1 aliphatic rings. The van der Waals surface area contributed by atoms with Gasteiger partial charge in [0.05, 0.1) is 22.7 Å². The summed E-state index contributed by atoms with van der Waals surface area (Å²) in [6.07, 6.45) is 3.29. The fraction of sp³-hybridized carbons (Fsp3) is 0.154. The van der Waals surface area contributed by atoms with Crippen LogP contribution in [0, 0.1) is 11.3 Å². The van der Waals surface area contributed by atoms with Crippen LogP contribution in [0.2, 0.25) is 0 Å². The van der Waals surface area contributed by atoms with E-state index < -0.39 is 0 Å². The Bertz CT molecular complexity index is 1320. The first-order valence-corrected chi connectivity index (χ1v) is 10.6. The minimum absolute atomic E-state index is 0.0175. The van der Waals surface area contributed by atoms with Gasteiger partial charge in [-0.15, -0.1) is 0 Å². The normalized spacial score (nSPS) is 13.7. The molecule has 2 aromatic heterocycles. The molecule has 1 amide bonds. The smallest absolute Gasteiger partial charge is 0.255 e. The molecular weight excluding hydrogens is 398 g/mol. The number of benzene rings is 2.